The van der Waals surface area contributed by atoms with Crippen molar-refractivity contribution in [3.05, 3.63) is 30.1 Å². The Kier molecular flexibility index (Phi) is 3.49. The summed E-state index contributed by atoms with van der Waals surface area (Å²) in [5.74, 6) is 0. The van der Waals surface area contributed by atoms with Crippen molar-refractivity contribution < 1.29 is 4.74 Å². The van der Waals surface area contributed by atoms with E-state index in [1.165, 1.54) is 18.4 Å². The molecular weight excluding hydrogens is 176 g/mol. The predicted molar refractivity (Wildman–Crippen MR) is 54.9 cm³/mol. The number of hydrogen-bond acceptors (Lipinski definition) is 3. The Morgan fingerprint density at radius 3 is 3.29 bits per heavy atom. The molecule has 1 saturated heterocycles. The minimum atomic E-state index is 0.518. The van der Waals surface area contributed by atoms with Gasteiger partial charge in [0.1, 0.15) is 0 Å². The fourth-order valence-electron chi connectivity index (χ4n) is 1.67. The van der Waals surface area contributed by atoms with Crippen LogP contribution in [0.3, 0.4) is 0 Å². The van der Waals surface area contributed by atoms with Gasteiger partial charge in [-0.15, -0.1) is 0 Å². The molecule has 2 heterocycles. The van der Waals surface area contributed by atoms with Gasteiger partial charge in [-0.1, -0.05) is 6.07 Å². The van der Waals surface area contributed by atoms with Gasteiger partial charge in [0.25, 0.3) is 0 Å². The Labute approximate surface area is 84.5 Å². The van der Waals surface area contributed by atoms with E-state index >= 15 is 0 Å². The summed E-state index contributed by atoms with van der Waals surface area (Å²) in [6, 6.07) is 4.57. The van der Waals surface area contributed by atoms with Crippen LogP contribution in [0.15, 0.2) is 24.5 Å². The number of rotatable bonds is 3. The normalized spacial score (nSPS) is 22.1. The molecule has 14 heavy (non-hydrogen) atoms. The average molecular weight is 192 g/mol. The molecule has 0 aromatic carbocycles. The monoisotopic (exact) mass is 192 g/mol. The minimum Gasteiger partial charge on any atom is -0.380 e. The van der Waals surface area contributed by atoms with Gasteiger partial charge in [-0.25, -0.2) is 0 Å². The average Bonchev–Trinajstić information content (AvgIpc) is 2.29. The standard InChI is InChI=1S/C11H16N2O/c1-3-10(7-12-5-1)8-13-11-4-2-6-14-9-11/h1,3,5,7,11,13H,2,4,6,8-9H2. The molecule has 1 fully saturated rings. The first-order valence-electron chi connectivity index (χ1n) is 5.15. The highest BCUT2D eigenvalue weighted by atomic mass is 16.5. The number of aromatic nitrogens is 1. The Morgan fingerprint density at radius 1 is 1.57 bits per heavy atom. The maximum atomic E-state index is 5.39. The maximum absolute atomic E-state index is 5.39. The number of nitrogens with one attached hydrogen (secondary N) is 1. The van der Waals surface area contributed by atoms with Crippen molar-refractivity contribution in [3.63, 3.8) is 0 Å². The van der Waals surface area contributed by atoms with E-state index in [2.05, 4.69) is 16.4 Å². The number of nitrogens with zero attached hydrogens (tertiary/aromatic N) is 1. The van der Waals surface area contributed by atoms with Gasteiger partial charge >= 0.3 is 0 Å². The topological polar surface area (TPSA) is 34.2 Å². The molecule has 0 aliphatic carbocycles. The number of pyridine rings is 1. The Morgan fingerprint density at radius 2 is 2.57 bits per heavy atom. The zero-order valence-electron chi connectivity index (χ0n) is 8.28. The van der Waals surface area contributed by atoms with E-state index in [4.69, 9.17) is 4.74 Å². The van der Waals surface area contributed by atoms with Crippen LogP contribution in [0.5, 0.6) is 0 Å². The van der Waals surface area contributed by atoms with Crippen molar-refractivity contribution >= 4 is 0 Å². The quantitative estimate of drug-likeness (QED) is 0.785. The van der Waals surface area contributed by atoms with Crippen LogP contribution in [0.1, 0.15) is 18.4 Å². The van der Waals surface area contributed by atoms with Gasteiger partial charge < -0.3 is 10.1 Å². The second kappa shape index (κ2) is 5.08. The van der Waals surface area contributed by atoms with E-state index in [0.29, 0.717) is 6.04 Å². The molecule has 76 valence electrons. The molecule has 1 N–H and O–H groups in total. The summed E-state index contributed by atoms with van der Waals surface area (Å²) in [5.41, 5.74) is 1.23. The summed E-state index contributed by atoms with van der Waals surface area (Å²) >= 11 is 0. The molecule has 0 saturated carbocycles. The molecule has 0 radical (unpaired) electrons. The van der Waals surface area contributed by atoms with Crippen molar-refractivity contribution in [3.8, 4) is 0 Å². The van der Waals surface area contributed by atoms with E-state index < -0.39 is 0 Å². The van der Waals surface area contributed by atoms with Crippen LogP contribution in [-0.4, -0.2) is 24.2 Å². The highest BCUT2D eigenvalue weighted by molar-refractivity contribution is 5.07. The first kappa shape index (κ1) is 9.62. The van der Waals surface area contributed by atoms with E-state index in [9.17, 15) is 0 Å². The third-order valence-electron chi connectivity index (χ3n) is 2.48. The van der Waals surface area contributed by atoms with Gasteiger partial charge in [-0.2, -0.15) is 0 Å². The van der Waals surface area contributed by atoms with Crippen LogP contribution in [0.2, 0.25) is 0 Å². The minimum absolute atomic E-state index is 0.518. The molecular formula is C11H16N2O. The lowest BCUT2D eigenvalue weighted by Gasteiger charge is -2.23. The Balaban J connectivity index is 1.76. The third kappa shape index (κ3) is 2.79. The van der Waals surface area contributed by atoms with Crippen LogP contribution in [0, 0.1) is 0 Å². The molecule has 1 atom stereocenters. The van der Waals surface area contributed by atoms with Crippen LogP contribution in [0.4, 0.5) is 0 Å². The zero-order valence-corrected chi connectivity index (χ0v) is 8.28. The molecule has 2 rings (SSSR count). The van der Waals surface area contributed by atoms with Crippen LogP contribution in [-0.2, 0) is 11.3 Å². The molecule has 3 nitrogen and oxygen atoms in total. The summed E-state index contributed by atoms with van der Waals surface area (Å²) in [6.45, 7) is 2.66. The maximum Gasteiger partial charge on any atom is 0.0619 e. The third-order valence-corrected chi connectivity index (χ3v) is 2.48. The molecule has 1 aromatic rings. The molecule has 3 heteroatoms. The Hall–Kier alpha value is -0.930. The highest BCUT2D eigenvalue weighted by Gasteiger charge is 2.12. The number of hydrogen-bond donors (Lipinski definition) is 1. The smallest absolute Gasteiger partial charge is 0.0619 e. The molecule has 0 bridgehead atoms. The SMILES string of the molecule is c1cncc(CNC2CCCOC2)c1. The summed E-state index contributed by atoms with van der Waals surface area (Å²) in [6.07, 6.45) is 6.09. The highest BCUT2D eigenvalue weighted by Crippen LogP contribution is 2.06. The molecule has 1 aliphatic rings. The largest absolute Gasteiger partial charge is 0.380 e. The first-order chi connectivity index (χ1) is 6.95. The molecule has 1 aromatic heterocycles. The van der Waals surface area contributed by atoms with Gasteiger partial charge in [0, 0.05) is 31.6 Å². The van der Waals surface area contributed by atoms with Crippen molar-refractivity contribution in [1.82, 2.24) is 10.3 Å². The Bertz CT molecular complexity index is 257. The van der Waals surface area contributed by atoms with Crippen molar-refractivity contribution in [2.45, 2.75) is 25.4 Å². The van der Waals surface area contributed by atoms with Gasteiger partial charge in [-0.05, 0) is 24.5 Å². The lowest BCUT2D eigenvalue weighted by Crippen LogP contribution is -2.36. The van der Waals surface area contributed by atoms with Crippen LogP contribution < -0.4 is 5.32 Å². The second-order valence-corrected chi connectivity index (χ2v) is 3.66. The molecule has 1 unspecified atom stereocenters. The molecule has 0 amide bonds. The van der Waals surface area contributed by atoms with Gasteiger partial charge in [0.05, 0.1) is 6.61 Å². The summed E-state index contributed by atoms with van der Waals surface area (Å²) in [7, 11) is 0. The van der Waals surface area contributed by atoms with Gasteiger partial charge in [0.15, 0.2) is 0 Å². The van der Waals surface area contributed by atoms with Gasteiger partial charge in [-0.3, -0.25) is 4.98 Å². The molecule has 1 aliphatic heterocycles. The fourth-order valence-corrected chi connectivity index (χ4v) is 1.67. The first-order valence-corrected chi connectivity index (χ1v) is 5.15. The number of ether oxygens (including phenoxy) is 1. The second-order valence-electron chi connectivity index (χ2n) is 3.66. The summed E-state index contributed by atoms with van der Waals surface area (Å²) in [5, 5.41) is 3.47. The van der Waals surface area contributed by atoms with Gasteiger partial charge in [0.2, 0.25) is 0 Å². The van der Waals surface area contributed by atoms with Crippen molar-refractivity contribution in [1.29, 1.82) is 0 Å². The van der Waals surface area contributed by atoms with E-state index in [-0.39, 0.29) is 0 Å². The van der Waals surface area contributed by atoms with Crippen LogP contribution >= 0.6 is 0 Å². The lowest BCUT2D eigenvalue weighted by molar-refractivity contribution is 0.0699. The van der Waals surface area contributed by atoms with E-state index in [1.807, 2.05) is 12.3 Å². The van der Waals surface area contributed by atoms with Crippen molar-refractivity contribution in [2.75, 3.05) is 13.2 Å². The van der Waals surface area contributed by atoms with E-state index in [1.54, 1.807) is 6.20 Å². The zero-order chi connectivity index (χ0) is 9.64. The van der Waals surface area contributed by atoms with E-state index in [0.717, 1.165) is 19.8 Å². The lowest BCUT2D eigenvalue weighted by atomic mass is 10.1. The van der Waals surface area contributed by atoms with Crippen LogP contribution in [0.25, 0.3) is 0 Å². The summed E-state index contributed by atoms with van der Waals surface area (Å²) in [4.78, 5) is 4.08. The predicted octanol–water partition coefficient (Wildman–Crippen LogP) is 1.35. The molecule has 0 spiro atoms. The summed E-state index contributed by atoms with van der Waals surface area (Å²) < 4.78 is 5.39. The van der Waals surface area contributed by atoms with Crippen molar-refractivity contribution in [2.24, 2.45) is 0 Å². The fraction of sp³-hybridized carbons (Fsp3) is 0.545.